The molecule has 118 valence electrons. The molecule has 2 aromatic rings. The lowest BCUT2D eigenvalue weighted by Crippen LogP contribution is -2.51. The molecule has 0 aliphatic carbocycles. The van der Waals surface area contributed by atoms with Crippen LogP contribution in [-0.4, -0.2) is 32.9 Å². The van der Waals surface area contributed by atoms with Crippen LogP contribution in [0, 0.1) is 0 Å². The van der Waals surface area contributed by atoms with Gasteiger partial charge in [-0.3, -0.25) is 0 Å². The lowest BCUT2D eigenvalue weighted by atomic mass is 10.1. The largest absolute Gasteiger partial charge is 0.439 e. The Morgan fingerprint density at radius 3 is 2.61 bits per heavy atom. The second-order valence-corrected chi connectivity index (χ2v) is 5.60. The molecule has 0 bridgehead atoms. The minimum Gasteiger partial charge on any atom is -0.245 e. The third kappa shape index (κ3) is 2.53. The fourth-order valence-corrected chi connectivity index (χ4v) is 3.16. The number of hydrogen-bond acceptors (Lipinski definition) is 3. The number of amides is 1. The molecule has 2 heterocycles. The van der Waals surface area contributed by atoms with Crippen LogP contribution >= 0.6 is 0 Å². The molecule has 1 aliphatic rings. The first-order chi connectivity index (χ1) is 11.2. The predicted octanol–water partition coefficient (Wildman–Crippen LogP) is 3.90. The van der Waals surface area contributed by atoms with Crippen LogP contribution in [0.5, 0.6) is 0 Å². The van der Waals surface area contributed by atoms with E-state index in [4.69, 9.17) is 0 Å². The van der Waals surface area contributed by atoms with E-state index >= 15 is 0 Å². The topological polar surface area (TPSA) is 47.2 Å². The van der Waals surface area contributed by atoms with Gasteiger partial charge in [-0.25, -0.2) is 14.3 Å². The van der Waals surface area contributed by atoms with Crippen molar-refractivity contribution in [2.75, 3.05) is 6.54 Å². The van der Waals surface area contributed by atoms with Crippen LogP contribution in [0.2, 0.25) is 0 Å². The highest BCUT2D eigenvalue weighted by atomic mass is 16.2. The molecule has 1 amide bonds. The lowest BCUT2D eigenvalue weighted by molar-refractivity contribution is -0.708. The number of hydrogen-bond donors (Lipinski definition) is 0. The van der Waals surface area contributed by atoms with Crippen molar-refractivity contribution in [3.8, 4) is 0 Å². The van der Waals surface area contributed by atoms with Crippen molar-refractivity contribution in [1.29, 1.82) is 0 Å². The summed E-state index contributed by atoms with van der Waals surface area (Å²) in [6.07, 6.45) is 8.32. The summed E-state index contributed by atoms with van der Waals surface area (Å²) < 4.78 is 1.69. The zero-order valence-electron chi connectivity index (χ0n) is 13.5. The quantitative estimate of drug-likeness (QED) is 0.804. The van der Waals surface area contributed by atoms with Crippen LogP contribution in [0.25, 0.3) is 5.70 Å². The van der Waals surface area contributed by atoms with E-state index in [9.17, 15) is 4.79 Å². The molecule has 3 rings (SSSR count). The molecule has 0 radical (unpaired) electrons. The van der Waals surface area contributed by atoms with Crippen LogP contribution in [0.1, 0.15) is 32.3 Å². The molecule has 1 aromatic carbocycles. The maximum absolute atomic E-state index is 13.1. The highest BCUT2D eigenvalue weighted by Crippen LogP contribution is 2.35. The van der Waals surface area contributed by atoms with Crippen LogP contribution in [-0.2, 0) is 0 Å². The molecule has 1 aromatic heterocycles. The fraction of sp³-hybridized carbons (Fsp3) is 0.278. The summed E-state index contributed by atoms with van der Waals surface area (Å²) in [5, 5.41) is 0. The predicted molar refractivity (Wildman–Crippen MR) is 90.6 cm³/mol. The number of rotatable bonds is 4. The second-order valence-electron chi connectivity index (χ2n) is 5.60. The van der Waals surface area contributed by atoms with Gasteiger partial charge in [0.05, 0.1) is 6.54 Å². The van der Waals surface area contributed by atoms with E-state index in [1.54, 1.807) is 29.6 Å². The third-order valence-corrected chi connectivity index (χ3v) is 4.16. The third-order valence-electron chi connectivity index (χ3n) is 4.16. The zero-order chi connectivity index (χ0) is 16.3. The van der Waals surface area contributed by atoms with Crippen molar-refractivity contribution in [1.82, 2.24) is 9.55 Å². The van der Waals surface area contributed by atoms with E-state index in [1.165, 1.54) is 0 Å². The molecule has 1 unspecified atom stereocenters. The molecule has 0 saturated carbocycles. The standard InChI is InChI=1S/C18H21N4O/c1-3-12-22(18(23)21-11-10-19-13-21)14-20-17(16(22)4-2)15-8-6-5-7-9-15/h5-11,13-14H,3-4,12H2,1-2H3/q+1. The summed E-state index contributed by atoms with van der Waals surface area (Å²) in [4.78, 5) is 21.8. The number of carbonyl (C=O) groups is 1. The number of aliphatic imine (C=N–C) groups is 1. The normalized spacial score (nSPS) is 20.3. The maximum Gasteiger partial charge on any atom is 0.439 e. The summed E-state index contributed by atoms with van der Waals surface area (Å²) in [6.45, 7) is 4.86. The van der Waals surface area contributed by atoms with Crippen molar-refractivity contribution in [2.24, 2.45) is 4.99 Å². The van der Waals surface area contributed by atoms with Gasteiger partial charge in [0, 0.05) is 24.4 Å². The molecule has 0 saturated heterocycles. The first kappa shape index (κ1) is 15.4. The summed E-state index contributed by atoms with van der Waals surface area (Å²) in [6, 6.07) is 10.0. The van der Waals surface area contributed by atoms with Crippen molar-refractivity contribution < 1.29 is 9.28 Å². The molecule has 0 spiro atoms. The molecule has 1 atom stereocenters. The van der Waals surface area contributed by atoms with Crippen molar-refractivity contribution >= 4 is 18.1 Å². The fourth-order valence-electron chi connectivity index (χ4n) is 3.16. The highest BCUT2D eigenvalue weighted by molar-refractivity contribution is 5.87. The summed E-state index contributed by atoms with van der Waals surface area (Å²) in [7, 11) is 0. The van der Waals surface area contributed by atoms with Gasteiger partial charge in [0.1, 0.15) is 12.0 Å². The van der Waals surface area contributed by atoms with Crippen molar-refractivity contribution in [2.45, 2.75) is 26.7 Å². The molecule has 5 nitrogen and oxygen atoms in total. The molecule has 0 fully saturated rings. The second kappa shape index (κ2) is 6.30. The Kier molecular flexibility index (Phi) is 4.21. The van der Waals surface area contributed by atoms with Crippen molar-refractivity contribution in [3.63, 3.8) is 0 Å². The van der Waals surface area contributed by atoms with E-state index in [1.807, 2.05) is 30.3 Å². The van der Waals surface area contributed by atoms with Gasteiger partial charge in [-0.15, -0.1) is 0 Å². The molecule has 23 heavy (non-hydrogen) atoms. The number of aromatic nitrogens is 2. The number of carbonyl (C=O) groups excluding carboxylic acids is 1. The SMILES string of the molecule is CCC[N+]1(C(=O)n2ccnc2)C=NC(c2ccccc2)=C1CC. The van der Waals surface area contributed by atoms with Crippen LogP contribution in [0.4, 0.5) is 4.79 Å². The van der Waals surface area contributed by atoms with Crippen molar-refractivity contribution in [3.05, 3.63) is 60.3 Å². The van der Waals surface area contributed by atoms with Gasteiger partial charge in [-0.05, 0) is 6.42 Å². The van der Waals surface area contributed by atoms with Crippen LogP contribution in [0.3, 0.4) is 0 Å². The average Bonchev–Trinajstić information content (AvgIpc) is 3.23. The molecular weight excluding hydrogens is 288 g/mol. The Morgan fingerprint density at radius 1 is 1.22 bits per heavy atom. The number of quaternary nitrogens is 1. The van der Waals surface area contributed by atoms with Gasteiger partial charge >= 0.3 is 6.03 Å². The monoisotopic (exact) mass is 309 g/mol. The summed E-state index contributed by atoms with van der Waals surface area (Å²) in [5.41, 5.74) is 3.00. The highest BCUT2D eigenvalue weighted by Gasteiger charge is 2.45. The Hall–Kier alpha value is -2.53. The van der Waals surface area contributed by atoms with Crippen LogP contribution < -0.4 is 0 Å². The first-order valence-corrected chi connectivity index (χ1v) is 7.98. The number of allylic oxidation sites excluding steroid dienone is 1. The minimum atomic E-state index is -0.0316. The van der Waals surface area contributed by atoms with Gasteiger partial charge in [0.25, 0.3) is 0 Å². The summed E-state index contributed by atoms with van der Waals surface area (Å²) in [5.74, 6) is 0. The van der Waals surface area contributed by atoms with E-state index < -0.39 is 0 Å². The Bertz CT molecular complexity index is 747. The molecule has 0 N–H and O–H groups in total. The van der Waals surface area contributed by atoms with E-state index in [-0.39, 0.29) is 10.5 Å². The molecule has 1 aliphatic heterocycles. The Balaban J connectivity index is 2.12. The van der Waals surface area contributed by atoms with Gasteiger partial charge in [-0.1, -0.05) is 44.2 Å². The zero-order valence-corrected chi connectivity index (χ0v) is 13.5. The van der Waals surface area contributed by atoms with Gasteiger partial charge in [-0.2, -0.15) is 9.48 Å². The van der Waals surface area contributed by atoms with Gasteiger partial charge in [0.2, 0.25) is 6.34 Å². The van der Waals surface area contributed by atoms with E-state index in [2.05, 4.69) is 23.8 Å². The maximum atomic E-state index is 13.1. The molecular formula is C18H21N4O+. The number of imidazole rings is 1. The minimum absolute atomic E-state index is 0.0316. The van der Waals surface area contributed by atoms with Gasteiger partial charge < -0.3 is 0 Å². The van der Waals surface area contributed by atoms with Crippen LogP contribution in [0.15, 0.2) is 59.7 Å². The molecule has 5 heteroatoms. The average molecular weight is 309 g/mol. The Morgan fingerprint density at radius 2 is 2.00 bits per heavy atom. The number of nitrogens with zero attached hydrogens (tertiary/aromatic N) is 4. The Labute approximate surface area is 136 Å². The van der Waals surface area contributed by atoms with Gasteiger partial charge in [0.15, 0.2) is 5.70 Å². The van der Waals surface area contributed by atoms with E-state index in [0.717, 1.165) is 29.8 Å². The lowest BCUT2D eigenvalue weighted by Gasteiger charge is -2.29. The first-order valence-electron chi connectivity index (χ1n) is 7.98. The van der Waals surface area contributed by atoms with E-state index in [0.29, 0.717) is 6.54 Å². The number of benzene rings is 1. The smallest absolute Gasteiger partial charge is 0.245 e. The summed E-state index contributed by atoms with van der Waals surface area (Å²) >= 11 is 0.